The van der Waals surface area contributed by atoms with E-state index in [-0.39, 0.29) is 11.5 Å². The van der Waals surface area contributed by atoms with Crippen LogP contribution in [0.25, 0.3) is 0 Å². The predicted octanol–water partition coefficient (Wildman–Crippen LogP) is 3.77. The predicted molar refractivity (Wildman–Crippen MR) is 93.8 cm³/mol. The molecule has 1 amide bonds. The van der Waals surface area contributed by atoms with Crippen LogP contribution in [0.4, 0.5) is 4.79 Å². The van der Waals surface area contributed by atoms with E-state index in [4.69, 9.17) is 4.74 Å². The molecule has 4 heteroatoms. The number of amides is 1. The lowest BCUT2D eigenvalue weighted by Crippen LogP contribution is -2.61. The number of ether oxygens (including phenoxy) is 1. The minimum Gasteiger partial charge on any atom is -0.444 e. The van der Waals surface area contributed by atoms with Crippen LogP contribution < -0.4 is 0 Å². The second kappa shape index (κ2) is 6.07. The Hall–Kier alpha value is -1.55. The maximum Gasteiger partial charge on any atom is 0.410 e. The van der Waals surface area contributed by atoms with E-state index in [9.17, 15) is 9.90 Å². The summed E-state index contributed by atoms with van der Waals surface area (Å²) < 4.78 is 5.43. The fourth-order valence-corrected chi connectivity index (χ4v) is 3.93. The molecule has 24 heavy (non-hydrogen) atoms. The molecular weight excluding hydrogens is 302 g/mol. The largest absolute Gasteiger partial charge is 0.444 e. The Morgan fingerprint density at radius 2 is 1.71 bits per heavy atom. The first kappa shape index (κ1) is 17.3. The maximum absolute atomic E-state index is 12.1. The molecule has 3 rings (SSSR count). The van der Waals surface area contributed by atoms with Gasteiger partial charge in [0.15, 0.2) is 0 Å². The average molecular weight is 331 g/mol. The molecule has 0 aromatic heterocycles. The number of nitrogens with zero attached hydrogens (tertiary/aromatic N) is 1. The van der Waals surface area contributed by atoms with Crippen molar-refractivity contribution in [2.75, 3.05) is 13.1 Å². The molecule has 0 bridgehead atoms. The van der Waals surface area contributed by atoms with Gasteiger partial charge in [-0.2, -0.15) is 0 Å². The lowest BCUT2D eigenvalue weighted by Gasteiger charge is -2.54. The van der Waals surface area contributed by atoms with Gasteiger partial charge in [-0.25, -0.2) is 4.79 Å². The van der Waals surface area contributed by atoms with Crippen molar-refractivity contribution in [1.29, 1.82) is 0 Å². The Morgan fingerprint density at radius 3 is 2.25 bits per heavy atom. The summed E-state index contributed by atoms with van der Waals surface area (Å²) in [6, 6.07) is 10.2. The minimum absolute atomic E-state index is 0.194. The molecule has 1 aromatic rings. The molecular formula is C20H29NO3. The van der Waals surface area contributed by atoms with Crippen LogP contribution in [-0.4, -0.2) is 40.4 Å². The highest BCUT2D eigenvalue weighted by Crippen LogP contribution is 2.48. The Kier molecular flexibility index (Phi) is 4.37. The van der Waals surface area contributed by atoms with Crippen molar-refractivity contribution < 1.29 is 14.6 Å². The number of carbonyl (C=O) groups is 1. The molecule has 1 spiro atoms. The van der Waals surface area contributed by atoms with Crippen molar-refractivity contribution in [2.24, 2.45) is 5.41 Å². The summed E-state index contributed by atoms with van der Waals surface area (Å²) in [7, 11) is 0. The van der Waals surface area contributed by atoms with Gasteiger partial charge in [0.05, 0.1) is 5.60 Å². The van der Waals surface area contributed by atoms with Crippen LogP contribution in [0.3, 0.4) is 0 Å². The van der Waals surface area contributed by atoms with Gasteiger partial charge in [0.1, 0.15) is 5.60 Å². The third-order valence-electron chi connectivity index (χ3n) is 5.32. The molecule has 1 heterocycles. The zero-order chi connectivity index (χ0) is 17.4. The van der Waals surface area contributed by atoms with Gasteiger partial charge in [0.25, 0.3) is 0 Å². The average Bonchev–Trinajstić information content (AvgIpc) is 2.45. The first-order chi connectivity index (χ1) is 11.2. The van der Waals surface area contributed by atoms with E-state index in [0.29, 0.717) is 0 Å². The van der Waals surface area contributed by atoms with Crippen LogP contribution in [0.5, 0.6) is 0 Å². The van der Waals surface area contributed by atoms with Crippen molar-refractivity contribution in [3.8, 4) is 0 Å². The minimum atomic E-state index is -0.598. The molecule has 2 aliphatic rings. The molecule has 0 atom stereocenters. The summed E-state index contributed by atoms with van der Waals surface area (Å²) in [5, 5.41) is 10.9. The summed E-state index contributed by atoms with van der Waals surface area (Å²) >= 11 is 0. The van der Waals surface area contributed by atoms with Crippen LogP contribution >= 0.6 is 0 Å². The topological polar surface area (TPSA) is 49.8 Å². The molecule has 0 unspecified atom stereocenters. The van der Waals surface area contributed by atoms with Gasteiger partial charge in [-0.05, 0) is 52.0 Å². The molecule has 1 saturated carbocycles. The van der Waals surface area contributed by atoms with Gasteiger partial charge in [-0.3, -0.25) is 0 Å². The summed E-state index contributed by atoms with van der Waals surface area (Å²) in [5.74, 6) is 0. The van der Waals surface area contributed by atoms with E-state index in [1.165, 1.54) is 5.56 Å². The number of aliphatic hydroxyl groups is 1. The van der Waals surface area contributed by atoms with Crippen molar-refractivity contribution in [1.82, 2.24) is 4.90 Å². The van der Waals surface area contributed by atoms with E-state index in [0.717, 1.165) is 45.2 Å². The van der Waals surface area contributed by atoms with Gasteiger partial charge < -0.3 is 14.7 Å². The van der Waals surface area contributed by atoms with Crippen molar-refractivity contribution >= 4 is 6.09 Å². The molecule has 1 aliphatic heterocycles. The number of likely N-dealkylation sites (tertiary alicyclic amines) is 1. The highest BCUT2D eigenvalue weighted by molar-refractivity contribution is 5.69. The zero-order valence-electron chi connectivity index (χ0n) is 15.0. The normalized spacial score (nSPS) is 22.1. The smallest absolute Gasteiger partial charge is 0.410 e. The van der Waals surface area contributed by atoms with Gasteiger partial charge >= 0.3 is 6.09 Å². The number of hydrogen-bond donors (Lipinski definition) is 1. The molecule has 1 N–H and O–H groups in total. The summed E-state index contributed by atoms with van der Waals surface area (Å²) in [6.07, 6.45) is 4.09. The lowest BCUT2D eigenvalue weighted by molar-refractivity contribution is -0.0929. The second-order valence-electron chi connectivity index (χ2n) is 8.72. The quantitative estimate of drug-likeness (QED) is 0.897. The van der Waals surface area contributed by atoms with Crippen molar-refractivity contribution in [2.45, 2.75) is 64.1 Å². The lowest BCUT2D eigenvalue weighted by atomic mass is 9.63. The Morgan fingerprint density at radius 1 is 1.12 bits per heavy atom. The molecule has 132 valence electrons. The van der Waals surface area contributed by atoms with Gasteiger partial charge in [0.2, 0.25) is 0 Å². The molecule has 1 aliphatic carbocycles. The monoisotopic (exact) mass is 331 g/mol. The van der Waals surface area contributed by atoms with Gasteiger partial charge in [-0.15, -0.1) is 0 Å². The van der Waals surface area contributed by atoms with E-state index in [1.54, 1.807) is 4.90 Å². The zero-order valence-corrected chi connectivity index (χ0v) is 15.0. The van der Waals surface area contributed by atoms with E-state index in [2.05, 4.69) is 12.1 Å². The molecule has 2 fully saturated rings. The Labute approximate surface area is 144 Å². The third-order valence-corrected chi connectivity index (χ3v) is 5.32. The fraction of sp³-hybridized carbons (Fsp3) is 0.650. The second-order valence-corrected chi connectivity index (χ2v) is 8.72. The highest BCUT2D eigenvalue weighted by Gasteiger charge is 2.50. The van der Waals surface area contributed by atoms with Crippen LogP contribution in [-0.2, 0) is 11.2 Å². The maximum atomic E-state index is 12.1. The van der Waals surface area contributed by atoms with Crippen LogP contribution in [0.2, 0.25) is 0 Å². The number of hydrogen-bond acceptors (Lipinski definition) is 3. The number of rotatable bonds is 2. The third kappa shape index (κ3) is 3.92. The summed E-state index contributed by atoms with van der Waals surface area (Å²) in [4.78, 5) is 13.9. The van der Waals surface area contributed by atoms with Gasteiger partial charge in [-0.1, -0.05) is 30.3 Å². The SMILES string of the molecule is CC(C)(C)OC(=O)N1CC2(CCC(O)(Cc3ccccc3)CC2)C1. The first-order valence-electron chi connectivity index (χ1n) is 8.93. The molecule has 0 radical (unpaired) electrons. The molecule has 1 aromatic carbocycles. The van der Waals surface area contributed by atoms with Gasteiger partial charge in [0, 0.05) is 24.9 Å². The first-order valence-corrected chi connectivity index (χ1v) is 8.93. The molecule has 1 saturated heterocycles. The van der Waals surface area contributed by atoms with E-state index >= 15 is 0 Å². The summed E-state index contributed by atoms with van der Waals surface area (Å²) in [5.41, 5.74) is 0.348. The van der Waals surface area contributed by atoms with E-state index < -0.39 is 11.2 Å². The van der Waals surface area contributed by atoms with Crippen LogP contribution in [0, 0.1) is 5.41 Å². The van der Waals surface area contributed by atoms with Crippen LogP contribution in [0.15, 0.2) is 30.3 Å². The standard InChI is InChI=1S/C20H29NO3/c1-18(2,3)24-17(22)21-14-19(15-21)9-11-20(23,12-10-19)13-16-7-5-4-6-8-16/h4-8,23H,9-15H2,1-3H3. The van der Waals surface area contributed by atoms with Crippen molar-refractivity contribution in [3.63, 3.8) is 0 Å². The number of carbonyl (C=O) groups excluding carboxylic acids is 1. The Balaban J connectivity index is 1.50. The molecule has 4 nitrogen and oxygen atoms in total. The highest BCUT2D eigenvalue weighted by atomic mass is 16.6. The number of benzene rings is 1. The van der Waals surface area contributed by atoms with Crippen LogP contribution in [0.1, 0.15) is 52.0 Å². The Bertz CT molecular complexity index is 575. The van der Waals surface area contributed by atoms with Crippen molar-refractivity contribution in [3.05, 3.63) is 35.9 Å². The van der Waals surface area contributed by atoms with E-state index in [1.807, 2.05) is 39.0 Å². The fourth-order valence-electron chi connectivity index (χ4n) is 3.93. The summed E-state index contributed by atoms with van der Waals surface area (Å²) in [6.45, 7) is 7.22.